The summed E-state index contributed by atoms with van der Waals surface area (Å²) in [5.74, 6) is 1.69. The first-order valence-corrected chi connectivity index (χ1v) is 10.8. The highest BCUT2D eigenvalue weighted by Gasteiger charge is 2.27. The van der Waals surface area contributed by atoms with Gasteiger partial charge in [0.05, 0.1) is 19.9 Å². The van der Waals surface area contributed by atoms with Crippen molar-refractivity contribution < 1.29 is 23.6 Å². The van der Waals surface area contributed by atoms with Crippen molar-refractivity contribution in [3.63, 3.8) is 0 Å². The molecule has 0 spiro atoms. The molecule has 9 nitrogen and oxygen atoms in total. The minimum Gasteiger partial charge on any atom is -0.493 e. The van der Waals surface area contributed by atoms with Crippen LogP contribution in [-0.4, -0.2) is 73.2 Å². The maximum Gasteiger partial charge on any atom is 0.245 e. The summed E-state index contributed by atoms with van der Waals surface area (Å²) in [6.07, 6.45) is 1.23. The number of nitrogens with one attached hydrogen (secondary N) is 1. The Bertz CT molecular complexity index is 929. The maximum atomic E-state index is 13.3. The zero-order valence-corrected chi connectivity index (χ0v) is 19.2. The molecule has 0 radical (unpaired) electrons. The molecule has 3 rings (SSSR count). The molecule has 0 saturated carbocycles. The van der Waals surface area contributed by atoms with E-state index in [9.17, 15) is 9.59 Å². The van der Waals surface area contributed by atoms with E-state index in [-0.39, 0.29) is 11.8 Å². The van der Waals surface area contributed by atoms with Gasteiger partial charge in [0.15, 0.2) is 11.5 Å². The van der Waals surface area contributed by atoms with Crippen molar-refractivity contribution in [2.45, 2.75) is 39.3 Å². The van der Waals surface area contributed by atoms with E-state index in [1.807, 2.05) is 30.0 Å². The smallest absolute Gasteiger partial charge is 0.245 e. The lowest BCUT2D eigenvalue weighted by atomic mass is 10.0. The number of benzene rings is 1. The molecule has 1 aromatic carbocycles. The Morgan fingerprint density at radius 2 is 1.91 bits per heavy atom. The van der Waals surface area contributed by atoms with Crippen molar-refractivity contribution in [2.75, 3.05) is 40.4 Å². The number of amides is 2. The van der Waals surface area contributed by atoms with Gasteiger partial charge < -0.3 is 24.2 Å². The second-order valence-corrected chi connectivity index (χ2v) is 8.03. The third-order valence-electron chi connectivity index (χ3n) is 5.53. The lowest BCUT2D eigenvalue weighted by molar-refractivity contribution is -0.136. The molecule has 0 bridgehead atoms. The van der Waals surface area contributed by atoms with E-state index in [1.165, 1.54) is 6.92 Å². The van der Waals surface area contributed by atoms with Gasteiger partial charge in [0.1, 0.15) is 11.8 Å². The number of carbonyl (C=O) groups excluding carboxylic acids is 2. The first-order valence-electron chi connectivity index (χ1n) is 10.8. The lowest BCUT2D eigenvalue weighted by Gasteiger charge is -2.27. The highest BCUT2D eigenvalue weighted by molar-refractivity contribution is 5.87. The number of methoxy groups -OCH3 is 2. The van der Waals surface area contributed by atoms with Gasteiger partial charge in [0, 0.05) is 52.1 Å². The zero-order chi connectivity index (χ0) is 23.1. The third kappa shape index (κ3) is 6.23. The Morgan fingerprint density at radius 1 is 1.12 bits per heavy atom. The topological polar surface area (TPSA) is 97.1 Å². The van der Waals surface area contributed by atoms with E-state index < -0.39 is 6.04 Å². The van der Waals surface area contributed by atoms with Crippen LogP contribution in [0, 0.1) is 6.92 Å². The SMILES string of the molecule is COc1ccc(CC(NC(C)=O)C(=O)N2CCCN(Cc3cc(C)on3)CC2)cc1OC. The van der Waals surface area contributed by atoms with Crippen LogP contribution in [0.25, 0.3) is 0 Å². The van der Waals surface area contributed by atoms with Crippen LogP contribution >= 0.6 is 0 Å². The van der Waals surface area contributed by atoms with Crippen LogP contribution in [0.3, 0.4) is 0 Å². The summed E-state index contributed by atoms with van der Waals surface area (Å²) in [4.78, 5) is 29.3. The molecule has 2 amide bonds. The van der Waals surface area contributed by atoms with Crippen molar-refractivity contribution in [1.82, 2.24) is 20.3 Å². The molecule has 1 aliphatic rings. The summed E-state index contributed by atoms with van der Waals surface area (Å²) in [7, 11) is 3.15. The molecule has 1 saturated heterocycles. The average molecular weight is 445 g/mol. The zero-order valence-electron chi connectivity index (χ0n) is 19.2. The Balaban J connectivity index is 1.66. The maximum absolute atomic E-state index is 13.3. The van der Waals surface area contributed by atoms with Crippen LogP contribution < -0.4 is 14.8 Å². The molecule has 32 heavy (non-hydrogen) atoms. The van der Waals surface area contributed by atoms with E-state index >= 15 is 0 Å². The molecule has 1 atom stereocenters. The summed E-state index contributed by atoms with van der Waals surface area (Å²) in [5, 5.41) is 6.89. The van der Waals surface area contributed by atoms with Gasteiger partial charge in [-0.2, -0.15) is 0 Å². The minimum absolute atomic E-state index is 0.0749. The second-order valence-electron chi connectivity index (χ2n) is 8.03. The lowest BCUT2D eigenvalue weighted by Crippen LogP contribution is -2.50. The molecule has 1 aromatic heterocycles. The summed E-state index contributed by atoms with van der Waals surface area (Å²) < 4.78 is 15.8. The molecule has 1 unspecified atom stereocenters. The molecule has 1 fully saturated rings. The fraction of sp³-hybridized carbons (Fsp3) is 0.522. The molecule has 2 heterocycles. The number of ether oxygens (including phenoxy) is 2. The summed E-state index contributed by atoms with van der Waals surface area (Å²) in [6.45, 7) is 6.85. The molecule has 9 heteroatoms. The molecule has 1 N–H and O–H groups in total. The van der Waals surface area contributed by atoms with E-state index in [1.54, 1.807) is 20.3 Å². The van der Waals surface area contributed by atoms with E-state index in [0.717, 1.165) is 36.5 Å². The van der Waals surface area contributed by atoms with Crippen LogP contribution in [0.5, 0.6) is 11.5 Å². The van der Waals surface area contributed by atoms with Crippen molar-refractivity contribution in [3.05, 3.63) is 41.3 Å². The van der Waals surface area contributed by atoms with Gasteiger partial charge in [0.25, 0.3) is 0 Å². The Hall–Kier alpha value is -3.07. The van der Waals surface area contributed by atoms with Crippen molar-refractivity contribution in [2.24, 2.45) is 0 Å². The number of rotatable bonds is 8. The predicted molar refractivity (Wildman–Crippen MR) is 119 cm³/mol. The standard InChI is InChI=1S/C23H32N4O5/c1-16-12-19(25-32-16)15-26-8-5-9-27(11-10-26)23(29)20(24-17(2)28)13-18-6-7-21(30-3)22(14-18)31-4/h6-7,12,14,20H,5,8-11,13,15H2,1-4H3,(H,24,28). The van der Waals surface area contributed by atoms with Crippen LogP contribution in [0.15, 0.2) is 28.8 Å². The molecule has 0 aliphatic carbocycles. The van der Waals surface area contributed by atoms with Crippen molar-refractivity contribution in [1.29, 1.82) is 0 Å². The highest BCUT2D eigenvalue weighted by Crippen LogP contribution is 2.28. The monoisotopic (exact) mass is 444 g/mol. The van der Waals surface area contributed by atoms with Gasteiger partial charge in [-0.1, -0.05) is 11.2 Å². The summed E-state index contributed by atoms with van der Waals surface area (Å²) >= 11 is 0. The number of nitrogens with zero attached hydrogens (tertiary/aromatic N) is 3. The van der Waals surface area contributed by atoms with Crippen molar-refractivity contribution >= 4 is 11.8 Å². The number of hydrogen-bond donors (Lipinski definition) is 1. The second kappa shape index (κ2) is 11.0. The Morgan fingerprint density at radius 3 is 2.56 bits per heavy atom. The minimum atomic E-state index is -0.643. The third-order valence-corrected chi connectivity index (χ3v) is 5.53. The van der Waals surface area contributed by atoms with Gasteiger partial charge in [-0.25, -0.2) is 0 Å². The van der Waals surface area contributed by atoms with E-state index in [0.29, 0.717) is 37.6 Å². The largest absolute Gasteiger partial charge is 0.493 e. The van der Waals surface area contributed by atoms with Crippen molar-refractivity contribution in [3.8, 4) is 11.5 Å². The highest BCUT2D eigenvalue weighted by atomic mass is 16.5. The van der Waals surface area contributed by atoms with Gasteiger partial charge in [-0.15, -0.1) is 0 Å². The normalized spacial score (nSPS) is 15.7. The predicted octanol–water partition coefficient (Wildman–Crippen LogP) is 1.78. The Kier molecular flexibility index (Phi) is 8.10. The van der Waals surface area contributed by atoms with Gasteiger partial charge >= 0.3 is 0 Å². The molecular formula is C23H32N4O5. The van der Waals surface area contributed by atoms with Gasteiger partial charge in [-0.05, 0) is 31.0 Å². The van der Waals surface area contributed by atoms with E-state index in [4.69, 9.17) is 14.0 Å². The van der Waals surface area contributed by atoms with Crippen LogP contribution in [0.2, 0.25) is 0 Å². The van der Waals surface area contributed by atoms with Crippen LogP contribution in [-0.2, 0) is 22.6 Å². The first-order chi connectivity index (χ1) is 15.4. The van der Waals surface area contributed by atoms with Crippen LogP contribution in [0.1, 0.15) is 30.4 Å². The molecule has 174 valence electrons. The molecular weight excluding hydrogens is 412 g/mol. The quantitative estimate of drug-likeness (QED) is 0.663. The summed E-state index contributed by atoms with van der Waals surface area (Å²) in [5.41, 5.74) is 1.78. The fourth-order valence-corrected chi connectivity index (χ4v) is 3.98. The number of carbonyl (C=O) groups is 2. The van der Waals surface area contributed by atoms with Gasteiger partial charge in [-0.3, -0.25) is 14.5 Å². The number of hydrogen-bond acceptors (Lipinski definition) is 7. The Labute approximate surface area is 188 Å². The van der Waals surface area contributed by atoms with Crippen LogP contribution in [0.4, 0.5) is 0 Å². The number of aromatic nitrogens is 1. The average Bonchev–Trinajstić information content (AvgIpc) is 3.04. The molecule has 1 aliphatic heterocycles. The fourth-order valence-electron chi connectivity index (χ4n) is 3.98. The molecule has 2 aromatic rings. The van der Waals surface area contributed by atoms with Gasteiger partial charge in [0.2, 0.25) is 11.8 Å². The number of aryl methyl sites for hydroxylation is 1. The summed E-state index contributed by atoms with van der Waals surface area (Å²) in [6, 6.07) is 6.82. The first kappa shape index (κ1) is 23.6. The van der Waals surface area contributed by atoms with E-state index in [2.05, 4.69) is 15.4 Å².